The molecule has 2 fully saturated rings. The SMILES string of the molecule is CC(C)(C)OC(=O)N1CCN(CCC#Cc2ccc(C(=O)C3CC3)cc2)CC1. The second-order valence-electron chi connectivity index (χ2n) is 8.58. The van der Waals surface area contributed by atoms with E-state index in [1.165, 1.54) is 0 Å². The summed E-state index contributed by atoms with van der Waals surface area (Å²) in [6.07, 6.45) is 2.63. The van der Waals surface area contributed by atoms with Gasteiger partial charge in [0.2, 0.25) is 0 Å². The van der Waals surface area contributed by atoms with Crippen molar-refractivity contribution in [3.8, 4) is 11.8 Å². The van der Waals surface area contributed by atoms with Gasteiger partial charge in [0.1, 0.15) is 5.60 Å². The van der Waals surface area contributed by atoms with Crippen molar-refractivity contribution in [3.05, 3.63) is 35.4 Å². The molecule has 0 spiro atoms. The van der Waals surface area contributed by atoms with Gasteiger partial charge in [-0.1, -0.05) is 24.0 Å². The Labute approximate surface area is 168 Å². The third kappa shape index (κ3) is 6.10. The van der Waals surface area contributed by atoms with Crippen LogP contribution in [-0.4, -0.2) is 60.0 Å². The number of amides is 1. The maximum atomic E-state index is 12.1. The third-order valence-electron chi connectivity index (χ3n) is 4.93. The van der Waals surface area contributed by atoms with Gasteiger partial charge < -0.3 is 9.64 Å². The average molecular weight is 383 g/mol. The van der Waals surface area contributed by atoms with Gasteiger partial charge in [0.15, 0.2) is 5.78 Å². The molecule has 1 aromatic rings. The Balaban J connectivity index is 1.38. The van der Waals surface area contributed by atoms with Crippen LogP contribution in [0.5, 0.6) is 0 Å². The Morgan fingerprint density at radius 3 is 2.29 bits per heavy atom. The summed E-state index contributed by atoms with van der Waals surface area (Å²) in [4.78, 5) is 28.2. The van der Waals surface area contributed by atoms with Crippen LogP contribution in [0.15, 0.2) is 24.3 Å². The molecule has 0 N–H and O–H groups in total. The fourth-order valence-corrected chi connectivity index (χ4v) is 3.16. The normalized spacial score (nSPS) is 17.6. The maximum absolute atomic E-state index is 12.1. The van der Waals surface area contributed by atoms with Gasteiger partial charge >= 0.3 is 6.09 Å². The molecule has 3 rings (SSSR count). The molecule has 0 bridgehead atoms. The van der Waals surface area contributed by atoms with E-state index in [0.29, 0.717) is 13.1 Å². The van der Waals surface area contributed by atoms with Crippen molar-refractivity contribution >= 4 is 11.9 Å². The van der Waals surface area contributed by atoms with Crippen LogP contribution in [0.25, 0.3) is 0 Å². The van der Waals surface area contributed by atoms with Crippen LogP contribution in [0.1, 0.15) is 56.0 Å². The summed E-state index contributed by atoms with van der Waals surface area (Å²) >= 11 is 0. The van der Waals surface area contributed by atoms with Crippen LogP contribution in [0.4, 0.5) is 4.79 Å². The molecule has 0 unspecified atom stereocenters. The smallest absolute Gasteiger partial charge is 0.410 e. The van der Waals surface area contributed by atoms with Crippen molar-refractivity contribution in [1.29, 1.82) is 0 Å². The molecule has 28 heavy (non-hydrogen) atoms. The van der Waals surface area contributed by atoms with Crippen molar-refractivity contribution in [2.75, 3.05) is 32.7 Å². The van der Waals surface area contributed by atoms with Gasteiger partial charge in [0.25, 0.3) is 0 Å². The summed E-state index contributed by atoms with van der Waals surface area (Å²) in [7, 11) is 0. The van der Waals surface area contributed by atoms with Gasteiger partial charge in [-0.25, -0.2) is 4.79 Å². The largest absolute Gasteiger partial charge is 0.444 e. The fourth-order valence-electron chi connectivity index (χ4n) is 3.16. The first-order valence-electron chi connectivity index (χ1n) is 10.2. The van der Waals surface area contributed by atoms with Gasteiger partial charge in [-0.2, -0.15) is 0 Å². The number of hydrogen-bond donors (Lipinski definition) is 0. The maximum Gasteiger partial charge on any atom is 0.410 e. The van der Waals surface area contributed by atoms with E-state index in [1.54, 1.807) is 4.90 Å². The number of ketones is 1. The molecule has 1 saturated carbocycles. The second-order valence-corrected chi connectivity index (χ2v) is 8.58. The quantitative estimate of drug-likeness (QED) is 0.590. The molecular formula is C23H30N2O3. The minimum Gasteiger partial charge on any atom is -0.444 e. The van der Waals surface area contributed by atoms with Gasteiger partial charge in [-0.15, -0.1) is 0 Å². The lowest BCUT2D eigenvalue weighted by atomic mass is 10.1. The van der Waals surface area contributed by atoms with Gasteiger partial charge in [0.05, 0.1) is 0 Å². The molecule has 1 aromatic carbocycles. The zero-order valence-electron chi connectivity index (χ0n) is 17.2. The molecule has 0 radical (unpaired) electrons. The molecule has 1 aliphatic carbocycles. The Morgan fingerprint density at radius 1 is 1.07 bits per heavy atom. The Hall–Kier alpha value is -2.32. The van der Waals surface area contributed by atoms with Gasteiger partial charge in [-0.05, 0) is 45.7 Å². The number of hydrogen-bond acceptors (Lipinski definition) is 4. The lowest BCUT2D eigenvalue weighted by Crippen LogP contribution is -2.50. The Bertz CT molecular complexity index is 756. The third-order valence-corrected chi connectivity index (χ3v) is 4.93. The van der Waals surface area contributed by atoms with Gasteiger partial charge in [-0.3, -0.25) is 9.69 Å². The molecule has 1 heterocycles. The first-order chi connectivity index (χ1) is 13.3. The molecule has 2 aliphatic rings. The molecule has 1 saturated heterocycles. The zero-order chi connectivity index (χ0) is 20.1. The number of benzene rings is 1. The van der Waals surface area contributed by atoms with E-state index < -0.39 is 5.60 Å². The van der Waals surface area contributed by atoms with Crippen LogP contribution < -0.4 is 0 Å². The van der Waals surface area contributed by atoms with Crippen molar-refractivity contribution in [2.24, 2.45) is 5.92 Å². The zero-order valence-corrected chi connectivity index (χ0v) is 17.2. The van der Waals surface area contributed by atoms with Crippen molar-refractivity contribution in [2.45, 2.75) is 45.6 Å². The predicted molar refractivity (Wildman–Crippen MR) is 109 cm³/mol. The minimum atomic E-state index is -0.451. The lowest BCUT2D eigenvalue weighted by Gasteiger charge is -2.35. The fraction of sp³-hybridized carbons (Fsp3) is 0.565. The Morgan fingerprint density at radius 2 is 1.71 bits per heavy atom. The first kappa shape index (κ1) is 20.4. The molecule has 1 amide bonds. The number of piperazine rings is 1. The van der Waals surface area contributed by atoms with E-state index in [1.807, 2.05) is 45.0 Å². The van der Waals surface area contributed by atoms with Crippen molar-refractivity contribution in [1.82, 2.24) is 9.80 Å². The monoisotopic (exact) mass is 382 g/mol. The molecule has 150 valence electrons. The molecule has 0 atom stereocenters. The lowest BCUT2D eigenvalue weighted by molar-refractivity contribution is 0.0147. The molecule has 1 aliphatic heterocycles. The number of ether oxygens (including phenoxy) is 1. The van der Waals surface area contributed by atoms with E-state index in [4.69, 9.17) is 4.74 Å². The summed E-state index contributed by atoms with van der Waals surface area (Å²) in [5.41, 5.74) is 1.30. The second kappa shape index (κ2) is 8.79. The summed E-state index contributed by atoms with van der Waals surface area (Å²) in [6, 6.07) is 7.64. The number of carbonyl (C=O) groups excluding carboxylic acids is 2. The highest BCUT2D eigenvalue weighted by molar-refractivity contribution is 5.99. The summed E-state index contributed by atoms with van der Waals surface area (Å²) in [5.74, 6) is 6.92. The highest BCUT2D eigenvalue weighted by atomic mass is 16.6. The van der Waals surface area contributed by atoms with Crippen LogP contribution in [0.2, 0.25) is 0 Å². The first-order valence-corrected chi connectivity index (χ1v) is 10.2. The van der Waals surface area contributed by atoms with Crippen LogP contribution in [-0.2, 0) is 4.74 Å². The summed E-state index contributed by atoms with van der Waals surface area (Å²) < 4.78 is 5.42. The molecule has 5 nitrogen and oxygen atoms in total. The van der Waals surface area contributed by atoms with Crippen LogP contribution in [0, 0.1) is 17.8 Å². The van der Waals surface area contributed by atoms with Gasteiger partial charge in [0, 0.05) is 56.2 Å². The minimum absolute atomic E-state index is 0.226. The Kier molecular flexibility index (Phi) is 6.41. The molecule has 0 aromatic heterocycles. The number of nitrogens with zero attached hydrogens (tertiary/aromatic N) is 2. The van der Waals surface area contributed by atoms with E-state index in [0.717, 1.165) is 50.0 Å². The highest BCUT2D eigenvalue weighted by Crippen LogP contribution is 2.32. The predicted octanol–water partition coefficient (Wildman–Crippen LogP) is 3.57. The molecular weight excluding hydrogens is 352 g/mol. The van der Waals surface area contributed by atoms with Crippen LogP contribution >= 0.6 is 0 Å². The van der Waals surface area contributed by atoms with Crippen LogP contribution in [0.3, 0.4) is 0 Å². The van der Waals surface area contributed by atoms with E-state index >= 15 is 0 Å². The highest BCUT2D eigenvalue weighted by Gasteiger charge is 2.30. The summed E-state index contributed by atoms with van der Waals surface area (Å²) in [5, 5.41) is 0. The average Bonchev–Trinajstić information content (AvgIpc) is 3.49. The van der Waals surface area contributed by atoms with E-state index in [2.05, 4.69) is 16.7 Å². The topological polar surface area (TPSA) is 49.9 Å². The van der Waals surface area contributed by atoms with Crippen molar-refractivity contribution < 1.29 is 14.3 Å². The summed E-state index contributed by atoms with van der Waals surface area (Å²) in [6.45, 7) is 9.64. The van der Waals surface area contributed by atoms with E-state index in [-0.39, 0.29) is 17.8 Å². The van der Waals surface area contributed by atoms with E-state index in [9.17, 15) is 9.59 Å². The van der Waals surface area contributed by atoms with Crippen molar-refractivity contribution in [3.63, 3.8) is 0 Å². The number of rotatable bonds is 4. The standard InChI is InChI=1S/C23H30N2O3/c1-23(2,3)28-22(27)25-16-14-24(15-17-25)13-5-4-6-18-7-9-19(10-8-18)21(26)20-11-12-20/h7-10,20H,5,11-17H2,1-3H3. The molecule has 5 heteroatoms. The number of carbonyl (C=O) groups is 2. The number of Topliss-reactive ketones (excluding diaryl/α,β-unsaturated/α-hetero) is 1.